The van der Waals surface area contributed by atoms with Crippen molar-refractivity contribution in [3.05, 3.63) is 17.5 Å². The SMILES string of the molecule is CCC1CCCc2cnc(N3CCNCC3)nc21. The smallest absolute Gasteiger partial charge is 0.225 e. The van der Waals surface area contributed by atoms with Crippen molar-refractivity contribution in [1.29, 1.82) is 0 Å². The fourth-order valence-corrected chi connectivity index (χ4v) is 3.05. The maximum atomic E-state index is 4.88. The van der Waals surface area contributed by atoms with Crippen LogP contribution < -0.4 is 10.2 Å². The average molecular weight is 246 g/mol. The molecule has 1 aliphatic carbocycles. The van der Waals surface area contributed by atoms with Gasteiger partial charge in [-0.1, -0.05) is 6.92 Å². The van der Waals surface area contributed by atoms with Crippen molar-refractivity contribution in [2.24, 2.45) is 0 Å². The summed E-state index contributed by atoms with van der Waals surface area (Å²) in [7, 11) is 0. The molecular weight excluding hydrogens is 224 g/mol. The molecule has 0 spiro atoms. The van der Waals surface area contributed by atoms with Gasteiger partial charge in [0.05, 0.1) is 5.69 Å². The fourth-order valence-electron chi connectivity index (χ4n) is 3.05. The molecule has 0 bridgehead atoms. The van der Waals surface area contributed by atoms with Crippen LogP contribution in [0.5, 0.6) is 0 Å². The molecule has 18 heavy (non-hydrogen) atoms. The first-order chi connectivity index (χ1) is 8.88. The predicted octanol–water partition coefficient (Wildman–Crippen LogP) is 1.72. The molecule has 1 N–H and O–H groups in total. The Morgan fingerprint density at radius 2 is 2.22 bits per heavy atom. The summed E-state index contributed by atoms with van der Waals surface area (Å²) in [6, 6.07) is 0. The van der Waals surface area contributed by atoms with Crippen molar-refractivity contribution < 1.29 is 0 Å². The fraction of sp³-hybridized carbons (Fsp3) is 0.714. The van der Waals surface area contributed by atoms with Gasteiger partial charge in [0, 0.05) is 38.3 Å². The van der Waals surface area contributed by atoms with E-state index in [9.17, 15) is 0 Å². The molecule has 2 heterocycles. The van der Waals surface area contributed by atoms with Crippen LogP contribution in [0.1, 0.15) is 43.4 Å². The Bertz CT molecular complexity index is 412. The second-order valence-corrected chi connectivity index (χ2v) is 5.31. The molecule has 3 rings (SSSR count). The number of hydrogen-bond acceptors (Lipinski definition) is 4. The molecule has 1 aliphatic heterocycles. The van der Waals surface area contributed by atoms with Crippen molar-refractivity contribution in [2.75, 3.05) is 31.1 Å². The maximum Gasteiger partial charge on any atom is 0.225 e. The number of nitrogens with one attached hydrogen (secondary N) is 1. The molecule has 4 heteroatoms. The van der Waals surface area contributed by atoms with Gasteiger partial charge in [0.1, 0.15) is 0 Å². The van der Waals surface area contributed by atoms with Gasteiger partial charge in [-0.15, -0.1) is 0 Å². The van der Waals surface area contributed by atoms with Crippen LogP contribution in [0, 0.1) is 0 Å². The van der Waals surface area contributed by atoms with Gasteiger partial charge in [-0.3, -0.25) is 0 Å². The lowest BCUT2D eigenvalue weighted by molar-refractivity contribution is 0.518. The van der Waals surface area contributed by atoms with Crippen LogP contribution in [0.3, 0.4) is 0 Å². The highest BCUT2D eigenvalue weighted by molar-refractivity contribution is 5.36. The highest BCUT2D eigenvalue weighted by atomic mass is 15.3. The quantitative estimate of drug-likeness (QED) is 0.862. The number of aromatic nitrogens is 2. The zero-order chi connectivity index (χ0) is 12.4. The summed E-state index contributed by atoms with van der Waals surface area (Å²) in [6.45, 7) is 6.40. The average Bonchev–Trinajstić information content (AvgIpc) is 2.47. The molecule has 1 saturated heterocycles. The van der Waals surface area contributed by atoms with Crippen molar-refractivity contribution in [2.45, 2.75) is 38.5 Å². The molecule has 1 atom stereocenters. The van der Waals surface area contributed by atoms with Crippen LogP contribution in [0.4, 0.5) is 5.95 Å². The topological polar surface area (TPSA) is 41.1 Å². The number of rotatable bonds is 2. The van der Waals surface area contributed by atoms with Gasteiger partial charge in [-0.2, -0.15) is 0 Å². The van der Waals surface area contributed by atoms with E-state index in [4.69, 9.17) is 4.98 Å². The normalized spacial score (nSPS) is 23.8. The second-order valence-electron chi connectivity index (χ2n) is 5.31. The molecule has 0 saturated carbocycles. The molecule has 2 aliphatic rings. The second kappa shape index (κ2) is 5.22. The minimum Gasteiger partial charge on any atom is -0.338 e. The Kier molecular flexibility index (Phi) is 3.46. The van der Waals surface area contributed by atoms with E-state index in [0.29, 0.717) is 5.92 Å². The van der Waals surface area contributed by atoms with Crippen LogP contribution in [0.15, 0.2) is 6.20 Å². The Balaban J connectivity index is 1.88. The van der Waals surface area contributed by atoms with Gasteiger partial charge in [-0.05, 0) is 31.2 Å². The van der Waals surface area contributed by atoms with Crippen molar-refractivity contribution in [1.82, 2.24) is 15.3 Å². The summed E-state index contributed by atoms with van der Waals surface area (Å²) in [5.74, 6) is 1.59. The zero-order valence-electron chi connectivity index (χ0n) is 11.2. The van der Waals surface area contributed by atoms with E-state index in [1.165, 1.54) is 30.5 Å². The zero-order valence-corrected chi connectivity index (χ0v) is 11.2. The summed E-state index contributed by atoms with van der Waals surface area (Å²) in [5, 5.41) is 3.37. The molecule has 1 unspecified atom stereocenters. The van der Waals surface area contributed by atoms with Crippen LogP contribution in [-0.2, 0) is 6.42 Å². The Labute approximate surface area is 109 Å². The highest BCUT2D eigenvalue weighted by Gasteiger charge is 2.22. The Morgan fingerprint density at radius 1 is 1.39 bits per heavy atom. The number of nitrogens with zero attached hydrogens (tertiary/aromatic N) is 3. The first-order valence-corrected chi connectivity index (χ1v) is 7.20. The van der Waals surface area contributed by atoms with E-state index in [-0.39, 0.29) is 0 Å². The highest BCUT2D eigenvalue weighted by Crippen LogP contribution is 2.32. The third-order valence-electron chi connectivity index (χ3n) is 4.16. The van der Waals surface area contributed by atoms with Gasteiger partial charge in [0.25, 0.3) is 0 Å². The molecular formula is C14H22N4. The Hall–Kier alpha value is -1.16. The van der Waals surface area contributed by atoms with Crippen LogP contribution in [0.25, 0.3) is 0 Å². The van der Waals surface area contributed by atoms with Crippen LogP contribution in [0.2, 0.25) is 0 Å². The minimum absolute atomic E-state index is 0.651. The summed E-state index contributed by atoms with van der Waals surface area (Å²) in [4.78, 5) is 11.8. The molecule has 1 aromatic heterocycles. The van der Waals surface area contributed by atoms with Crippen LogP contribution >= 0.6 is 0 Å². The molecule has 4 nitrogen and oxygen atoms in total. The maximum absolute atomic E-state index is 4.88. The number of anilines is 1. The number of fused-ring (bicyclic) bond motifs is 1. The number of piperazine rings is 1. The predicted molar refractivity (Wildman–Crippen MR) is 73.1 cm³/mol. The van der Waals surface area contributed by atoms with E-state index in [0.717, 1.165) is 38.5 Å². The molecule has 1 fully saturated rings. The number of hydrogen-bond donors (Lipinski definition) is 1. The lowest BCUT2D eigenvalue weighted by Crippen LogP contribution is -2.44. The van der Waals surface area contributed by atoms with E-state index in [1.54, 1.807) is 0 Å². The van der Waals surface area contributed by atoms with Gasteiger partial charge in [-0.25, -0.2) is 9.97 Å². The van der Waals surface area contributed by atoms with Gasteiger partial charge in [0.15, 0.2) is 0 Å². The van der Waals surface area contributed by atoms with E-state index < -0.39 is 0 Å². The van der Waals surface area contributed by atoms with Gasteiger partial charge >= 0.3 is 0 Å². The van der Waals surface area contributed by atoms with Gasteiger partial charge < -0.3 is 10.2 Å². The first kappa shape index (κ1) is 11.9. The largest absolute Gasteiger partial charge is 0.338 e. The third kappa shape index (κ3) is 2.21. The van der Waals surface area contributed by atoms with Crippen LogP contribution in [-0.4, -0.2) is 36.1 Å². The summed E-state index contributed by atoms with van der Waals surface area (Å²) in [6.07, 6.45) is 7.02. The molecule has 1 aromatic rings. The summed E-state index contributed by atoms with van der Waals surface area (Å²) >= 11 is 0. The van der Waals surface area contributed by atoms with Gasteiger partial charge in [0.2, 0.25) is 5.95 Å². The summed E-state index contributed by atoms with van der Waals surface area (Å²) in [5.41, 5.74) is 2.71. The standard InChI is InChI=1S/C14H22N4/c1-2-11-4-3-5-12-10-16-14(17-13(11)12)18-8-6-15-7-9-18/h10-11,15H,2-9H2,1H3. The van der Waals surface area contributed by atoms with Crippen molar-refractivity contribution in [3.8, 4) is 0 Å². The monoisotopic (exact) mass is 246 g/mol. The molecule has 0 amide bonds. The first-order valence-electron chi connectivity index (χ1n) is 7.20. The lowest BCUT2D eigenvalue weighted by atomic mass is 9.86. The minimum atomic E-state index is 0.651. The van der Waals surface area contributed by atoms with E-state index in [2.05, 4.69) is 28.3 Å². The molecule has 98 valence electrons. The Morgan fingerprint density at radius 3 is 3.00 bits per heavy atom. The van der Waals surface area contributed by atoms with Crippen molar-refractivity contribution in [3.63, 3.8) is 0 Å². The summed E-state index contributed by atoms with van der Waals surface area (Å²) < 4.78 is 0. The van der Waals surface area contributed by atoms with E-state index in [1.807, 2.05) is 0 Å². The third-order valence-corrected chi connectivity index (χ3v) is 4.16. The number of aryl methyl sites for hydroxylation is 1. The lowest BCUT2D eigenvalue weighted by Gasteiger charge is -2.29. The van der Waals surface area contributed by atoms with Crippen molar-refractivity contribution >= 4 is 5.95 Å². The molecule has 0 radical (unpaired) electrons. The van der Waals surface area contributed by atoms with E-state index >= 15 is 0 Å². The molecule has 0 aromatic carbocycles.